The number of nitrogens with zero attached hydrogens (tertiary/aromatic N) is 4. The van der Waals surface area contributed by atoms with Gasteiger partial charge in [0.2, 0.25) is 0 Å². The molecule has 1 saturated carbocycles. The molecular weight excluding hydrogens is 531 g/mol. The quantitative estimate of drug-likeness (QED) is 0.246. The highest BCUT2D eigenvalue weighted by molar-refractivity contribution is 14.0. The molecule has 1 fully saturated rings. The predicted molar refractivity (Wildman–Crippen MR) is 143 cm³/mol. The minimum Gasteiger partial charge on any atom is -0.356 e. The Morgan fingerprint density at radius 1 is 1.09 bits per heavy atom. The largest absolute Gasteiger partial charge is 0.356 e. The van der Waals surface area contributed by atoms with Crippen LogP contribution in [0, 0.1) is 6.92 Å². The summed E-state index contributed by atoms with van der Waals surface area (Å²) in [7, 11) is 1.99. The number of aryl methyl sites for hydroxylation is 1. The Kier molecular flexibility index (Phi) is 9.52. The van der Waals surface area contributed by atoms with Crippen molar-refractivity contribution in [1.82, 2.24) is 25.4 Å². The number of aliphatic imine (C=N–C) groups is 1. The van der Waals surface area contributed by atoms with Crippen LogP contribution in [0.1, 0.15) is 53.7 Å². The minimum atomic E-state index is 0. The van der Waals surface area contributed by atoms with Gasteiger partial charge in [-0.3, -0.25) is 0 Å². The lowest BCUT2D eigenvalue weighted by molar-refractivity contribution is 0.371. The molecule has 0 bridgehead atoms. The van der Waals surface area contributed by atoms with Gasteiger partial charge in [0.05, 0.1) is 0 Å². The third-order valence-electron chi connectivity index (χ3n) is 6.14. The molecule has 8 heteroatoms. The Hall–Kier alpha value is -1.94. The van der Waals surface area contributed by atoms with Gasteiger partial charge in [-0.1, -0.05) is 36.4 Å². The van der Waals surface area contributed by atoms with Crippen LogP contribution in [0.5, 0.6) is 0 Å². The second kappa shape index (κ2) is 12.3. The van der Waals surface area contributed by atoms with Crippen LogP contribution in [0.3, 0.4) is 0 Å². The second-order valence-electron chi connectivity index (χ2n) is 8.25. The van der Waals surface area contributed by atoms with Crippen molar-refractivity contribution < 1.29 is 0 Å². The molecule has 0 aliphatic heterocycles. The van der Waals surface area contributed by atoms with Gasteiger partial charge in [0.25, 0.3) is 0 Å². The van der Waals surface area contributed by atoms with Crippen LogP contribution in [0.2, 0.25) is 0 Å². The highest BCUT2D eigenvalue weighted by atomic mass is 127. The van der Waals surface area contributed by atoms with Crippen LogP contribution in [-0.4, -0.2) is 33.3 Å². The van der Waals surface area contributed by atoms with E-state index in [0.717, 1.165) is 43.4 Å². The lowest BCUT2D eigenvalue weighted by atomic mass is 9.82. The summed E-state index contributed by atoms with van der Waals surface area (Å²) >= 11 is 1.80. The van der Waals surface area contributed by atoms with Gasteiger partial charge < -0.3 is 15.2 Å². The molecule has 1 aliphatic carbocycles. The van der Waals surface area contributed by atoms with Gasteiger partial charge in [0.1, 0.15) is 12.4 Å². The second-order valence-corrected chi connectivity index (χ2v) is 9.28. The Labute approximate surface area is 212 Å². The number of aromatic nitrogens is 3. The molecule has 32 heavy (non-hydrogen) atoms. The van der Waals surface area contributed by atoms with E-state index in [0.29, 0.717) is 18.5 Å². The standard InChI is InChI=1S/C24H32N6S.HI/c1-18-28-29-23(30(18)2)17-26-24(25-15-14-22-9-6-16-31-22)27-21-12-10-20(11-13-21)19-7-4-3-5-8-19;/h3-9,16,20-21H,10-15,17H2,1-2H3,(H2,25,26,27);1H. The first-order valence-electron chi connectivity index (χ1n) is 11.2. The maximum atomic E-state index is 4.83. The van der Waals surface area contributed by atoms with Crippen molar-refractivity contribution in [2.75, 3.05) is 6.54 Å². The van der Waals surface area contributed by atoms with Crippen LogP contribution in [0.25, 0.3) is 0 Å². The lowest BCUT2D eigenvalue weighted by Gasteiger charge is -2.30. The molecule has 0 unspecified atom stereocenters. The van der Waals surface area contributed by atoms with Crippen molar-refractivity contribution in [3.63, 3.8) is 0 Å². The first-order valence-corrected chi connectivity index (χ1v) is 12.0. The zero-order chi connectivity index (χ0) is 21.5. The van der Waals surface area contributed by atoms with Crippen molar-refractivity contribution in [2.24, 2.45) is 12.0 Å². The molecule has 2 heterocycles. The molecule has 1 aromatic carbocycles. The zero-order valence-corrected chi connectivity index (χ0v) is 22.0. The normalized spacial score (nSPS) is 18.8. The Balaban J connectivity index is 0.00000289. The van der Waals surface area contributed by atoms with Gasteiger partial charge in [-0.25, -0.2) is 4.99 Å². The molecule has 0 amide bonds. The van der Waals surface area contributed by atoms with Gasteiger partial charge in [0.15, 0.2) is 11.8 Å². The first-order chi connectivity index (χ1) is 15.2. The summed E-state index contributed by atoms with van der Waals surface area (Å²) < 4.78 is 2.00. The van der Waals surface area contributed by atoms with E-state index in [-0.39, 0.29) is 24.0 Å². The van der Waals surface area contributed by atoms with Gasteiger partial charge in [-0.15, -0.1) is 45.5 Å². The fourth-order valence-electron chi connectivity index (χ4n) is 4.14. The third-order valence-corrected chi connectivity index (χ3v) is 7.08. The molecule has 0 atom stereocenters. The Morgan fingerprint density at radius 3 is 2.53 bits per heavy atom. The summed E-state index contributed by atoms with van der Waals surface area (Å²) in [6.07, 6.45) is 5.75. The summed E-state index contributed by atoms with van der Waals surface area (Å²) in [6, 6.07) is 15.7. The van der Waals surface area contributed by atoms with Crippen molar-refractivity contribution in [3.8, 4) is 0 Å². The molecule has 2 N–H and O–H groups in total. The number of thiophene rings is 1. The van der Waals surface area contributed by atoms with Gasteiger partial charge >= 0.3 is 0 Å². The average Bonchev–Trinajstić information content (AvgIpc) is 3.43. The summed E-state index contributed by atoms with van der Waals surface area (Å²) in [5, 5.41) is 17.7. The SMILES string of the molecule is Cc1nnc(CN=C(NCCc2cccs2)NC2CCC(c3ccccc3)CC2)n1C.I. The molecule has 1 aliphatic rings. The van der Waals surface area contributed by atoms with E-state index in [1.165, 1.54) is 23.3 Å². The van der Waals surface area contributed by atoms with Crippen LogP contribution in [-0.2, 0) is 20.0 Å². The molecule has 2 aromatic heterocycles. The fraction of sp³-hybridized carbons (Fsp3) is 0.458. The molecule has 6 nitrogen and oxygen atoms in total. The fourth-order valence-corrected chi connectivity index (χ4v) is 4.85. The third kappa shape index (κ3) is 6.78. The number of benzene rings is 1. The van der Waals surface area contributed by atoms with E-state index < -0.39 is 0 Å². The number of guanidine groups is 1. The molecule has 0 radical (unpaired) electrons. The number of hydrogen-bond acceptors (Lipinski definition) is 4. The monoisotopic (exact) mass is 564 g/mol. The number of rotatable bonds is 7. The van der Waals surface area contributed by atoms with E-state index >= 15 is 0 Å². The smallest absolute Gasteiger partial charge is 0.191 e. The van der Waals surface area contributed by atoms with Gasteiger partial charge in [-0.05, 0) is 62.0 Å². The Bertz CT molecular complexity index is 962. The molecule has 4 rings (SSSR count). The highest BCUT2D eigenvalue weighted by Gasteiger charge is 2.23. The topological polar surface area (TPSA) is 67.1 Å². The number of nitrogens with one attached hydrogen (secondary N) is 2. The van der Waals surface area contributed by atoms with E-state index in [2.05, 4.69) is 68.7 Å². The summed E-state index contributed by atoms with van der Waals surface area (Å²) in [5.41, 5.74) is 1.47. The molecule has 0 spiro atoms. The molecule has 3 aromatic rings. The van der Waals surface area contributed by atoms with Crippen molar-refractivity contribution in [1.29, 1.82) is 0 Å². The number of hydrogen-bond donors (Lipinski definition) is 2. The molecule has 172 valence electrons. The minimum absolute atomic E-state index is 0. The summed E-state index contributed by atoms with van der Waals surface area (Å²) in [6.45, 7) is 3.35. The molecular formula is C24H33IN6S. The maximum Gasteiger partial charge on any atom is 0.191 e. The van der Waals surface area contributed by atoms with Crippen molar-refractivity contribution in [2.45, 2.75) is 57.5 Å². The van der Waals surface area contributed by atoms with Crippen LogP contribution in [0.15, 0.2) is 52.8 Å². The van der Waals surface area contributed by atoms with E-state index in [1.54, 1.807) is 11.3 Å². The predicted octanol–water partition coefficient (Wildman–Crippen LogP) is 4.81. The average molecular weight is 565 g/mol. The van der Waals surface area contributed by atoms with Crippen LogP contribution >= 0.6 is 35.3 Å². The van der Waals surface area contributed by atoms with Crippen LogP contribution < -0.4 is 10.6 Å². The van der Waals surface area contributed by atoms with E-state index in [4.69, 9.17) is 4.99 Å². The van der Waals surface area contributed by atoms with Crippen molar-refractivity contribution in [3.05, 3.63) is 69.9 Å². The Morgan fingerprint density at radius 2 is 1.88 bits per heavy atom. The van der Waals surface area contributed by atoms with Crippen LogP contribution in [0.4, 0.5) is 0 Å². The van der Waals surface area contributed by atoms with E-state index in [9.17, 15) is 0 Å². The van der Waals surface area contributed by atoms with Gasteiger partial charge in [-0.2, -0.15) is 0 Å². The molecule has 0 saturated heterocycles. The van der Waals surface area contributed by atoms with Crippen molar-refractivity contribution >= 4 is 41.3 Å². The highest BCUT2D eigenvalue weighted by Crippen LogP contribution is 2.32. The first kappa shape index (κ1) is 24.7. The van der Waals surface area contributed by atoms with Gasteiger partial charge in [0, 0.05) is 24.5 Å². The number of halogens is 1. The maximum absolute atomic E-state index is 4.83. The summed E-state index contributed by atoms with van der Waals surface area (Å²) in [4.78, 5) is 6.22. The zero-order valence-electron chi connectivity index (χ0n) is 18.8. The lowest BCUT2D eigenvalue weighted by Crippen LogP contribution is -2.45. The van der Waals surface area contributed by atoms with E-state index in [1.807, 2.05) is 18.5 Å². The summed E-state index contributed by atoms with van der Waals surface area (Å²) in [5.74, 6) is 3.34.